The molecule has 3 aromatic rings. The molecule has 0 atom stereocenters. The Kier molecular flexibility index (Phi) is 5.22. The zero-order chi connectivity index (χ0) is 16.8. The van der Waals surface area contributed by atoms with Crippen LogP contribution < -0.4 is 0 Å². The summed E-state index contributed by atoms with van der Waals surface area (Å²) in [6, 6.07) is 16.8. The summed E-state index contributed by atoms with van der Waals surface area (Å²) in [5.41, 5.74) is 1.99. The van der Waals surface area contributed by atoms with Crippen LogP contribution in [-0.4, -0.2) is 5.97 Å². The fourth-order valence-electron chi connectivity index (χ4n) is 2.08. The van der Waals surface area contributed by atoms with E-state index in [0.717, 1.165) is 15.3 Å². The van der Waals surface area contributed by atoms with Crippen molar-refractivity contribution < 1.29 is 9.53 Å². The van der Waals surface area contributed by atoms with Crippen LogP contribution in [0.25, 0.3) is 11.6 Å². The van der Waals surface area contributed by atoms with Gasteiger partial charge in [-0.25, -0.2) is 4.79 Å². The average Bonchev–Trinajstić information content (AvgIpc) is 3.31. The van der Waals surface area contributed by atoms with Crippen LogP contribution in [0.4, 0.5) is 0 Å². The van der Waals surface area contributed by atoms with Crippen LogP contribution in [0.2, 0.25) is 0 Å². The summed E-state index contributed by atoms with van der Waals surface area (Å²) in [4.78, 5) is 14.4. The van der Waals surface area contributed by atoms with Gasteiger partial charge in [-0.2, -0.15) is 5.26 Å². The molecule has 3 rings (SSSR count). The quantitative estimate of drug-likeness (QED) is 0.482. The third kappa shape index (κ3) is 3.99. The molecule has 3 nitrogen and oxygen atoms in total. The van der Waals surface area contributed by atoms with Gasteiger partial charge in [-0.05, 0) is 46.7 Å². The average molecular weight is 351 g/mol. The highest BCUT2D eigenvalue weighted by Crippen LogP contribution is 2.26. The van der Waals surface area contributed by atoms with Gasteiger partial charge < -0.3 is 4.74 Å². The molecule has 2 heterocycles. The fraction of sp³-hybridized carbons (Fsp3) is 0.0526. The Balaban J connectivity index is 1.75. The number of hydrogen-bond donors (Lipinski definition) is 0. The van der Waals surface area contributed by atoms with Gasteiger partial charge in [-0.15, -0.1) is 22.7 Å². The molecule has 1 aromatic carbocycles. The first-order valence-electron chi connectivity index (χ1n) is 7.21. The van der Waals surface area contributed by atoms with Crippen LogP contribution in [0.15, 0.2) is 59.3 Å². The van der Waals surface area contributed by atoms with Crippen molar-refractivity contribution in [3.05, 3.63) is 80.2 Å². The Labute approximate surface area is 148 Å². The lowest BCUT2D eigenvalue weighted by Gasteiger charge is -2.07. The van der Waals surface area contributed by atoms with Crippen molar-refractivity contribution in [1.29, 1.82) is 5.26 Å². The highest BCUT2D eigenvalue weighted by Gasteiger charge is 2.15. The van der Waals surface area contributed by atoms with Crippen molar-refractivity contribution in [2.45, 2.75) is 6.61 Å². The minimum atomic E-state index is -0.352. The van der Waals surface area contributed by atoms with Gasteiger partial charge >= 0.3 is 5.97 Å². The largest absolute Gasteiger partial charge is 0.457 e. The van der Waals surface area contributed by atoms with E-state index in [2.05, 4.69) is 6.07 Å². The second-order valence-corrected chi connectivity index (χ2v) is 6.86. The zero-order valence-corrected chi connectivity index (χ0v) is 14.3. The van der Waals surface area contributed by atoms with Gasteiger partial charge in [0.15, 0.2) is 0 Å². The number of nitrogens with zero attached hydrogens (tertiary/aromatic N) is 1. The first kappa shape index (κ1) is 16.2. The molecule has 24 heavy (non-hydrogen) atoms. The van der Waals surface area contributed by atoms with E-state index in [0.29, 0.717) is 11.1 Å². The molecule has 0 saturated heterocycles. The molecule has 118 valence electrons. The smallest absolute Gasteiger partial charge is 0.339 e. The first-order chi connectivity index (χ1) is 11.8. The summed E-state index contributed by atoms with van der Waals surface area (Å²) in [6.07, 6.45) is 1.86. The van der Waals surface area contributed by atoms with E-state index in [1.807, 2.05) is 41.1 Å². The van der Waals surface area contributed by atoms with E-state index in [9.17, 15) is 4.79 Å². The highest BCUT2D eigenvalue weighted by atomic mass is 32.1. The minimum Gasteiger partial charge on any atom is -0.457 e. The van der Waals surface area contributed by atoms with Crippen LogP contribution >= 0.6 is 22.7 Å². The van der Waals surface area contributed by atoms with Crippen molar-refractivity contribution in [2.75, 3.05) is 0 Å². The van der Waals surface area contributed by atoms with Crippen LogP contribution in [0.3, 0.4) is 0 Å². The molecule has 0 radical (unpaired) electrons. The Bertz CT molecular complexity index is 871. The van der Waals surface area contributed by atoms with Crippen molar-refractivity contribution in [3.63, 3.8) is 0 Å². The lowest BCUT2D eigenvalue weighted by Crippen LogP contribution is -2.06. The second kappa shape index (κ2) is 7.73. The van der Waals surface area contributed by atoms with Gasteiger partial charge in [-0.3, -0.25) is 0 Å². The van der Waals surface area contributed by atoms with Crippen molar-refractivity contribution in [2.24, 2.45) is 0 Å². The van der Waals surface area contributed by atoms with Gasteiger partial charge in [0.1, 0.15) is 6.61 Å². The molecule has 0 aliphatic heterocycles. The summed E-state index contributed by atoms with van der Waals surface area (Å²) in [5, 5.41) is 12.7. The Morgan fingerprint density at radius 2 is 1.83 bits per heavy atom. The van der Waals surface area contributed by atoms with E-state index in [-0.39, 0.29) is 12.6 Å². The topological polar surface area (TPSA) is 50.1 Å². The highest BCUT2D eigenvalue weighted by molar-refractivity contribution is 7.12. The molecule has 2 aromatic heterocycles. The molecule has 0 spiro atoms. The molecule has 5 heteroatoms. The number of rotatable bonds is 5. The van der Waals surface area contributed by atoms with E-state index in [1.165, 1.54) is 11.3 Å². The molecule has 0 saturated carbocycles. The first-order valence-corrected chi connectivity index (χ1v) is 8.97. The molecular weight excluding hydrogens is 338 g/mol. The van der Waals surface area contributed by atoms with Crippen molar-refractivity contribution in [1.82, 2.24) is 0 Å². The molecule has 0 aliphatic rings. The Morgan fingerprint density at radius 3 is 2.46 bits per heavy atom. The van der Waals surface area contributed by atoms with Crippen LogP contribution in [0.1, 0.15) is 20.9 Å². The van der Waals surface area contributed by atoms with Crippen molar-refractivity contribution >= 4 is 40.3 Å². The third-order valence-electron chi connectivity index (χ3n) is 3.29. The number of benzene rings is 1. The standard InChI is InChI=1S/C19H13NO2S2/c20-12-14-5-7-15(8-6-14)13-22-19(21)17(18-4-2-10-24-18)11-16-3-1-9-23-16/h1-11H,13H2/b17-11+. The summed E-state index contributed by atoms with van der Waals surface area (Å²) >= 11 is 3.08. The van der Waals surface area contributed by atoms with Crippen LogP contribution in [0.5, 0.6) is 0 Å². The van der Waals surface area contributed by atoms with E-state index >= 15 is 0 Å². The third-order valence-corrected chi connectivity index (χ3v) is 5.01. The molecular formula is C19H13NO2S2. The molecule has 0 bridgehead atoms. The maximum Gasteiger partial charge on any atom is 0.339 e. The van der Waals surface area contributed by atoms with Gasteiger partial charge in [-0.1, -0.05) is 24.3 Å². The molecule has 0 unspecified atom stereocenters. The number of carbonyl (C=O) groups excluding carboxylic acids is 1. The number of hydrogen-bond acceptors (Lipinski definition) is 5. The Morgan fingerprint density at radius 1 is 1.08 bits per heavy atom. The molecule has 0 aliphatic carbocycles. The zero-order valence-electron chi connectivity index (χ0n) is 12.6. The maximum atomic E-state index is 12.5. The minimum absolute atomic E-state index is 0.178. The van der Waals surface area contributed by atoms with E-state index in [1.54, 1.807) is 35.6 Å². The number of nitriles is 1. The lowest BCUT2D eigenvalue weighted by molar-refractivity contribution is -0.137. The summed E-state index contributed by atoms with van der Waals surface area (Å²) in [6.45, 7) is 0.178. The normalized spacial score (nSPS) is 11.0. The van der Waals surface area contributed by atoms with Gasteiger partial charge in [0.05, 0.1) is 17.2 Å². The molecule has 0 fully saturated rings. The fourth-order valence-corrected chi connectivity index (χ4v) is 3.47. The molecule has 0 amide bonds. The summed E-state index contributed by atoms with van der Waals surface area (Å²) in [5.74, 6) is -0.352. The molecule has 0 N–H and O–H groups in total. The SMILES string of the molecule is N#Cc1ccc(COC(=O)/C(=C/c2cccs2)c2cccs2)cc1. The van der Waals surface area contributed by atoms with Crippen LogP contribution in [-0.2, 0) is 16.1 Å². The maximum absolute atomic E-state index is 12.5. The monoisotopic (exact) mass is 351 g/mol. The summed E-state index contributed by atoms with van der Waals surface area (Å²) in [7, 11) is 0. The Hall–Kier alpha value is -2.68. The number of ether oxygens (including phenoxy) is 1. The van der Waals surface area contributed by atoms with Gasteiger partial charge in [0.25, 0.3) is 0 Å². The summed E-state index contributed by atoms with van der Waals surface area (Å²) < 4.78 is 5.46. The number of carbonyl (C=O) groups is 1. The van der Waals surface area contributed by atoms with E-state index < -0.39 is 0 Å². The second-order valence-electron chi connectivity index (χ2n) is 4.94. The number of esters is 1. The van der Waals surface area contributed by atoms with E-state index in [4.69, 9.17) is 10.00 Å². The lowest BCUT2D eigenvalue weighted by atomic mass is 10.1. The predicted octanol–water partition coefficient (Wildman–Crippen LogP) is 4.97. The van der Waals surface area contributed by atoms with Crippen molar-refractivity contribution in [3.8, 4) is 6.07 Å². The van der Waals surface area contributed by atoms with Gasteiger partial charge in [0, 0.05) is 9.75 Å². The number of thiophene rings is 2. The van der Waals surface area contributed by atoms with Crippen LogP contribution in [0, 0.1) is 11.3 Å². The van der Waals surface area contributed by atoms with Gasteiger partial charge in [0.2, 0.25) is 0 Å². The predicted molar refractivity (Wildman–Crippen MR) is 97.5 cm³/mol.